The van der Waals surface area contributed by atoms with Gasteiger partial charge >= 0.3 is 0 Å². The van der Waals surface area contributed by atoms with Crippen LogP contribution in [0.3, 0.4) is 0 Å². The molecule has 3 rings (SSSR count). The highest BCUT2D eigenvalue weighted by molar-refractivity contribution is 6.32. The molecule has 0 fully saturated rings. The SMILES string of the molecule is CC(Oc1ccccc1Cl)C(=O)Nc1nnc(-c2ccccn2)[nH]1. The van der Waals surface area contributed by atoms with Crippen LogP contribution in [0.4, 0.5) is 5.95 Å². The number of H-pyrrole nitrogens is 1. The van der Waals surface area contributed by atoms with Crippen molar-refractivity contribution in [3.8, 4) is 17.3 Å². The number of ether oxygens (including phenoxy) is 1. The highest BCUT2D eigenvalue weighted by Gasteiger charge is 2.18. The molecule has 1 aromatic carbocycles. The minimum Gasteiger partial charge on any atom is -0.479 e. The molecular weight excluding hydrogens is 330 g/mol. The number of hydrogen-bond acceptors (Lipinski definition) is 5. The lowest BCUT2D eigenvalue weighted by Crippen LogP contribution is -2.30. The summed E-state index contributed by atoms with van der Waals surface area (Å²) in [6.07, 6.45) is 0.892. The molecule has 2 aromatic heterocycles. The summed E-state index contributed by atoms with van der Waals surface area (Å²) in [7, 11) is 0. The summed E-state index contributed by atoms with van der Waals surface area (Å²) in [5.41, 5.74) is 0.630. The maximum atomic E-state index is 12.2. The molecule has 0 aliphatic carbocycles. The molecule has 8 heteroatoms. The first-order valence-electron chi connectivity index (χ1n) is 7.19. The van der Waals surface area contributed by atoms with Crippen LogP contribution in [0.1, 0.15) is 6.92 Å². The summed E-state index contributed by atoms with van der Waals surface area (Å²) in [5.74, 6) is 0.744. The standard InChI is InChI=1S/C16H14ClN5O2/c1-10(24-13-8-3-2-6-11(13)17)15(23)20-16-19-14(21-22-16)12-7-4-5-9-18-12/h2-10H,1H3,(H2,19,20,21,22,23). The quantitative estimate of drug-likeness (QED) is 0.743. The Bertz CT molecular complexity index is 837. The van der Waals surface area contributed by atoms with Crippen LogP contribution >= 0.6 is 11.6 Å². The van der Waals surface area contributed by atoms with Crippen molar-refractivity contribution in [2.75, 3.05) is 5.32 Å². The van der Waals surface area contributed by atoms with Gasteiger partial charge in [-0.15, -0.1) is 10.2 Å². The van der Waals surface area contributed by atoms with E-state index in [9.17, 15) is 4.79 Å². The number of aromatic amines is 1. The Morgan fingerprint density at radius 3 is 2.75 bits per heavy atom. The molecule has 2 heterocycles. The zero-order valence-corrected chi connectivity index (χ0v) is 13.5. The lowest BCUT2D eigenvalue weighted by molar-refractivity contribution is -0.122. The molecule has 1 amide bonds. The van der Waals surface area contributed by atoms with Gasteiger partial charge in [0.15, 0.2) is 11.9 Å². The average molecular weight is 344 g/mol. The number of carbonyl (C=O) groups is 1. The second-order valence-electron chi connectivity index (χ2n) is 4.92. The minimum absolute atomic E-state index is 0.218. The van der Waals surface area contributed by atoms with E-state index in [2.05, 4.69) is 25.5 Å². The third-order valence-corrected chi connectivity index (χ3v) is 3.46. The van der Waals surface area contributed by atoms with Crippen LogP contribution in [0, 0.1) is 0 Å². The van der Waals surface area contributed by atoms with Crippen molar-refractivity contribution in [3.63, 3.8) is 0 Å². The summed E-state index contributed by atoms with van der Waals surface area (Å²) in [6.45, 7) is 1.62. The highest BCUT2D eigenvalue weighted by atomic mass is 35.5. The maximum Gasteiger partial charge on any atom is 0.267 e. The van der Waals surface area contributed by atoms with Crippen LogP contribution in [0.25, 0.3) is 11.5 Å². The number of benzene rings is 1. The zero-order chi connectivity index (χ0) is 16.9. The monoisotopic (exact) mass is 343 g/mol. The molecule has 0 saturated heterocycles. The van der Waals surface area contributed by atoms with Crippen molar-refractivity contribution in [2.45, 2.75) is 13.0 Å². The Balaban J connectivity index is 1.65. The van der Waals surface area contributed by atoms with Crippen molar-refractivity contribution in [3.05, 3.63) is 53.7 Å². The summed E-state index contributed by atoms with van der Waals surface area (Å²) in [6, 6.07) is 12.4. The van der Waals surface area contributed by atoms with Gasteiger partial charge in [-0.25, -0.2) is 0 Å². The van der Waals surface area contributed by atoms with Crippen LogP contribution in [-0.4, -0.2) is 32.2 Å². The smallest absolute Gasteiger partial charge is 0.267 e. The number of carbonyl (C=O) groups excluding carboxylic acids is 1. The molecule has 0 aliphatic heterocycles. The lowest BCUT2D eigenvalue weighted by Gasteiger charge is -2.14. The van der Waals surface area contributed by atoms with Crippen LogP contribution in [0.2, 0.25) is 5.02 Å². The van der Waals surface area contributed by atoms with Gasteiger partial charge in [0, 0.05) is 6.20 Å². The summed E-state index contributed by atoms with van der Waals surface area (Å²) in [5, 5.41) is 10.9. The number of aromatic nitrogens is 4. The fourth-order valence-corrected chi connectivity index (χ4v) is 2.12. The molecule has 0 radical (unpaired) electrons. The van der Waals surface area contributed by atoms with Crippen LogP contribution in [-0.2, 0) is 4.79 Å². The molecule has 2 N–H and O–H groups in total. The number of para-hydroxylation sites is 1. The van der Waals surface area contributed by atoms with Crippen molar-refractivity contribution < 1.29 is 9.53 Å². The molecule has 24 heavy (non-hydrogen) atoms. The predicted molar refractivity (Wildman–Crippen MR) is 89.8 cm³/mol. The first-order valence-corrected chi connectivity index (χ1v) is 7.57. The van der Waals surface area contributed by atoms with E-state index >= 15 is 0 Å². The third-order valence-electron chi connectivity index (χ3n) is 3.15. The van der Waals surface area contributed by atoms with Gasteiger partial charge in [-0.3, -0.25) is 15.1 Å². The molecule has 1 atom stereocenters. The molecule has 7 nitrogen and oxygen atoms in total. The van der Waals surface area contributed by atoms with E-state index in [1.807, 2.05) is 6.07 Å². The summed E-state index contributed by atoms with van der Waals surface area (Å²) < 4.78 is 5.55. The fraction of sp³-hybridized carbons (Fsp3) is 0.125. The lowest BCUT2D eigenvalue weighted by atomic mass is 10.3. The molecule has 0 bridgehead atoms. The van der Waals surface area contributed by atoms with Gasteiger partial charge in [0.05, 0.1) is 5.02 Å². The van der Waals surface area contributed by atoms with Gasteiger partial charge in [0.2, 0.25) is 5.95 Å². The van der Waals surface area contributed by atoms with Gasteiger partial charge in [-0.05, 0) is 31.2 Å². The summed E-state index contributed by atoms with van der Waals surface area (Å²) in [4.78, 5) is 19.2. The molecule has 3 aromatic rings. The van der Waals surface area contributed by atoms with Crippen molar-refractivity contribution in [1.82, 2.24) is 20.2 Å². The van der Waals surface area contributed by atoms with Crippen molar-refractivity contribution in [2.24, 2.45) is 0 Å². The number of hydrogen-bond donors (Lipinski definition) is 2. The number of amides is 1. The van der Waals surface area contributed by atoms with Crippen molar-refractivity contribution >= 4 is 23.5 Å². The van der Waals surface area contributed by atoms with E-state index in [-0.39, 0.29) is 11.9 Å². The number of pyridine rings is 1. The largest absolute Gasteiger partial charge is 0.479 e. The molecule has 1 unspecified atom stereocenters. The molecule has 0 spiro atoms. The molecule has 0 saturated carbocycles. The molecule has 0 aliphatic rings. The van der Waals surface area contributed by atoms with Gasteiger partial charge in [0.25, 0.3) is 5.91 Å². The number of rotatable bonds is 5. The second-order valence-corrected chi connectivity index (χ2v) is 5.32. The third kappa shape index (κ3) is 3.69. The summed E-state index contributed by atoms with van der Waals surface area (Å²) >= 11 is 6.01. The van der Waals surface area contributed by atoms with Crippen LogP contribution in [0.5, 0.6) is 5.75 Å². The second kappa shape index (κ2) is 7.10. The van der Waals surface area contributed by atoms with Gasteiger partial charge in [-0.1, -0.05) is 29.8 Å². The van der Waals surface area contributed by atoms with E-state index in [4.69, 9.17) is 16.3 Å². The first-order chi connectivity index (χ1) is 11.6. The number of halogens is 1. The zero-order valence-electron chi connectivity index (χ0n) is 12.7. The Hall–Kier alpha value is -2.93. The maximum absolute atomic E-state index is 12.2. The van der Waals surface area contributed by atoms with E-state index < -0.39 is 6.10 Å². The van der Waals surface area contributed by atoms with Crippen LogP contribution < -0.4 is 10.1 Å². The van der Waals surface area contributed by atoms with Gasteiger partial charge in [-0.2, -0.15) is 0 Å². The number of nitrogens with zero attached hydrogens (tertiary/aromatic N) is 3. The van der Waals surface area contributed by atoms with Gasteiger partial charge in [0.1, 0.15) is 11.4 Å². The Kier molecular flexibility index (Phi) is 4.72. The van der Waals surface area contributed by atoms with E-state index in [0.29, 0.717) is 22.3 Å². The predicted octanol–water partition coefficient (Wildman–Crippen LogP) is 2.93. The fourth-order valence-electron chi connectivity index (χ4n) is 1.94. The van der Waals surface area contributed by atoms with Crippen molar-refractivity contribution in [1.29, 1.82) is 0 Å². The Labute approximate surface area is 143 Å². The van der Waals surface area contributed by atoms with E-state index in [0.717, 1.165) is 0 Å². The van der Waals surface area contributed by atoms with Crippen LogP contribution in [0.15, 0.2) is 48.7 Å². The molecule has 122 valence electrons. The number of anilines is 1. The normalized spacial score (nSPS) is 11.8. The Morgan fingerprint density at radius 2 is 2.00 bits per heavy atom. The highest BCUT2D eigenvalue weighted by Crippen LogP contribution is 2.24. The average Bonchev–Trinajstić information content (AvgIpc) is 3.06. The topological polar surface area (TPSA) is 92.8 Å². The van der Waals surface area contributed by atoms with E-state index in [1.54, 1.807) is 49.5 Å². The minimum atomic E-state index is -0.756. The van der Waals surface area contributed by atoms with E-state index in [1.165, 1.54) is 0 Å². The first kappa shape index (κ1) is 15.9. The van der Waals surface area contributed by atoms with Gasteiger partial charge < -0.3 is 9.72 Å². The number of nitrogens with one attached hydrogen (secondary N) is 2. The molecular formula is C16H14ClN5O2. The Morgan fingerprint density at radius 1 is 1.21 bits per heavy atom.